The van der Waals surface area contributed by atoms with Crippen LogP contribution in [0.4, 0.5) is 10.1 Å². The van der Waals surface area contributed by atoms with Crippen molar-refractivity contribution in [3.63, 3.8) is 0 Å². The Kier molecular flexibility index (Phi) is 3.53. The van der Waals surface area contributed by atoms with E-state index < -0.39 is 5.82 Å². The van der Waals surface area contributed by atoms with Crippen LogP contribution in [-0.4, -0.2) is 7.11 Å². The Bertz CT molecular complexity index is 650. The highest BCUT2D eigenvalue weighted by Gasteiger charge is 2.11. The molecule has 19 heavy (non-hydrogen) atoms. The number of hydrogen-bond donors (Lipinski definition) is 1. The number of nitriles is 1. The van der Waals surface area contributed by atoms with Gasteiger partial charge in [0.15, 0.2) is 17.2 Å². The maximum atomic E-state index is 13.3. The van der Waals surface area contributed by atoms with Gasteiger partial charge in [-0.25, -0.2) is 4.39 Å². The lowest BCUT2D eigenvalue weighted by Gasteiger charge is -2.12. The summed E-state index contributed by atoms with van der Waals surface area (Å²) in [5.41, 5.74) is 5.95. The fraction of sp³-hybridized carbons (Fsp3) is 0.0714. The number of rotatable bonds is 3. The van der Waals surface area contributed by atoms with Gasteiger partial charge < -0.3 is 15.2 Å². The van der Waals surface area contributed by atoms with E-state index in [1.54, 1.807) is 18.2 Å². The van der Waals surface area contributed by atoms with Gasteiger partial charge >= 0.3 is 0 Å². The second-order valence-electron chi connectivity index (χ2n) is 3.73. The zero-order chi connectivity index (χ0) is 13.8. The number of nitrogens with two attached hydrogens (primary N) is 1. The topological polar surface area (TPSA) is 68.3 Å². The minimum Gasteiger partial charge on any atom is -0.493 e. The van der Waals surface area contributed by atoms with Crippen molar-refractivity contribution in [2.24, 2.45) is 0 Å². The number of nitrogens with zero attached hydrogens (tertiary/aromatic N) is 1. The third-order valence-electron chi connectivity index (χ3n) is 2.53. The number of ether oxygens (including phenoxy) is 2. The van der Waals surface area contributed by atoms with Crippen molar-refractivity contribution in [1.29, 1.82) is 5.26 Å². The van der Waals surface area contributed by atoms with Gasteiger partial charge in [0.2, 0.25) is 0 Å². The van der Waals surface area contributed by atoms with E-state index in [1.165, 1.54) is 25.3 Å². The van der Waals surface area contributed by atoms with Crippen LogP contribution < -0.4 is 15.2 Å². The van der Waals surface area contributed by atoms with Gasteiger partial charge in [-0.05, 0) is 24.3 Å². The molecule has 0 aliphatic carbocycles. The van der Waals surface area contributed by atoms with Gasteiger partial charge in [-0.3, -0.25) is 0 Å². The Morgan fingerprint density at radius 2 is 1.95 bits per heavy atom. The highest BCUT2D eigenvalue weighted by molar-refractivity contribution is 5.56. The Balaban J connectivity index is 2.38. The van der Waals surface area contributed by atoms with Crippen molar-refractivity contribution < 1.29 is 13.9 Å². The molecular formula is C14H11FN2O2. The maximum Gasteiger partial charge on any atom is 0.169 e. The largest absolute Gasteiger partial charge is 0.493 e. The van der Waals surface area contributed by atoms with Crippen LogP contribution in [0.2, 0.25) is 0 Å². The second kappa shape index (κ2) is 5.27. The molecule has 0 aliphatic heterocycles. The quantitative estimate of drug-likeness (QED) is 0.859. The summed E-state index contributed by atoms with van der Waals surface area (Å²) in [4.78, 5) is 0. The van der Waals surface area contributed by atoms with Crippen molar-refractivity contribution in [1.82, 2.24) is 0 Å². The molecule has 0 heterocycles. The molecule has 0 aromatic heterocycles. The molecule has 0 amide bonds. The number of para-hydroxylation sites is 1. The molecular weight excluding hydrogens is 247 g/mol. The standard InChI is InChI=1S/C14H11FN2O2/c1-18-13-7-9(8-16)5-6-11(13)19-12-4-2-3-10(15)14(12)17/h2-7H,17H2,1H3. The summed E-state index contributed by atoms with van der Waals surface area (Å²) in [6.45, 7) is 0. The lowest BCUT2D eigenvalue weighted by atomic mass is 10.2. The molecule has 0 bridgehead atoms. The molecule has 0 spiro atoms. The van der Waals surface area contributed by atoms with Gasteiger partial charge in [-0.1, -0.05) is 6.07 Å². The van der Waals surface area contributed by atoms with Crippen LogP contribution in [0, 0.1) is 17.1 Å². The molecule has 0 atom stereocenters. The summed E-state index contributed by atoms with van der Waals surface area (Å²) in [5.74, 6) is 0.384. The Morgan fingerprint density at radius 3 is 2.63 bits per heavy atom. The Hall–Kier alpha value is -2.74. The van der Waals surface area contributed by atoms with Gasteiger partial charge in [0.05, 0.1) is 18.7 Å². The zero-order valence-corrected chi connectivity index (χ0v) is 10.2. The SMILES string of the molecule is COc1cc(C#N)ccc1Oc1cccc(F)c1N. The normalized spacial score (nSPS) is 9.74. The fourth-order valence-electron chi connectivity index (χ4n) is 1.55. The predicted molar refractivity (Wildman–Crippen MR) is 68.6 cm³/mol. The van der Waals surface area contributed by atoms with E-state index in [2.05, 4.69) is 0 Å². The number of nitrogen functional groups attached to an aromatic ring is 1. The minimum absolute atomic E-state index is 0.0751. The number of benzene rings is 2. The van der Waals surface area contributed by atoms with Gasteiger partial charge in [-0.2, -0.15) is 5.26 Å². The zero-order valence-electron chi connectivity index (χ0n) is 10.2. The van der Waals surface area contributed by atoms with Crippen molar-refractivity contribution in [2.75, 3.05) is 12.8 Å². The third-order valence-corrected chi connectivity index (χ3v) is 2.53. The predicted octanol–water partition coefficient (Wildman–Crippen LogP) is 3.08. The molecule has 96 valence electrons. The lowest BCUT2D eigenvalue weighted by molar-refractivity contribution is 0.378. The first-order valence-corrected chi connectivity index (χ1v) is 5.45. The van der Waals surface area contributed by atoms with E-state index in [1.807, 2.05) is 6.07 Å². The molecule has 2 N–H and O–H groups in total. The molecule has 4 nitrogen and oxygen atoms in total. The number of anilines is 1. The van der Waals surface area contributed by atoms with Crippen molar-refractivity contribution >= 4 is 5.69 Å². The first-order chi connectivity index (χ1) is 9.15. The van der Waals surface area contributed by atoms with Gasteiger partial charge in [0.1, 0.15) is 11.5 Å². The number of halogens is 1. The summed E-state index contributed by atoms with van der Waals surface area (Å²) >= 11 is 0. The van der Waals surface area contributed by atoms with Crippen LogP contribution in [0.3, 0.4) is 0 Å². The third kappa shape index (κ3) is 2.58. The van der Waals surface area contributed by atoms with Gasteiger partial charge in [0, 0.05) is 6.07 Å². The molecule has 2 aromatic rings. The summed E-state index contributed by atoms with van der Waals surface area (Å²) in [6, 6.07) is 11.0. The lowest BCUT2D eigenvalue weighted by Crippen LogP contribution is -1.97. The van der Waals surface area contributed by atoms with Crippen LogP contribution >= 0.6 is 0 Å². The second-order valence-corrected chi connectivity index (χ2v) is 3.73. The van der Waals surface area contributed by atoms with E-state index in [-0.39, 0.29) is 11.4 Å². The smallest absolute Gasteiger partial charge is 0.169 e. The summed E-state index contributed by atoms with van der Waals surface area (Å²) < 4.78 is 23.9. The average Bonchev–Trinajstić information content (AvgIpc) is 2.44. The van der Waals surface area contributed by atoms with Crippen LogP contribution in [0.5, 0.6) is 17.2 Å². The van der Waals surface area contributed by atoms with E-state index >= 15 is 0 Å². The number of hydrogen-bond acceptors (Lipinski definition) is 4. The highest BCUT2D eigenvalue weighted by Crippen LogP contribution is 2.35. The molecule has 2 rings (SSSR count). The molecule has 0 radical (unpaired) electrons. The van der Waals surface area contributed by atoms with Crippen LogP contribution in [0.1, 0.15) is 5.56 Å². The van der Waals surface area contributed by atoms with Crippen LogP contribution in [-0.2, 0) is 0 Å². The average molecular weight is 258 g/mol. The van der Waals surface area contributed by atoms with E-state index in [9.17, 15) is 4.39 Å². The first-order valence-electron chi connectivity index (χ1n) is 5.45. The molecule has 0 saturated carbocycles. The molecule has 0 unspecified atom stereocenters. The molecule has 0 fully saturated rings. The summed E-state index contributed by atoms with van der Waals surface area (Å²) in [5, 5.41) is 8.80. The Labute approximate surface area is 109 Å². The minimum atomic E-state index is -0.551. The van der Waals surface area contributed by atoms with Crippen molar-refractivity contribution in [3.8, 4) is 23.3 Å². The van der Waals surface area contributed by atoms with E-state index in [4.69, 9.17) is 20.5 Å². The van der Waals surface area contributed by atoms with Gasteiger partial charge in [0.25, 0.3) is 0 Å². The number of methoxy groups -OCH3 is 1. The summed E-state index contributed by atoms with van der Waals surface area (Å²) in [6.07, 6.45) is 0. The summed E-state index contributed by atoms with van der Waals surface area (Å²) in [7, 11) is 1.46. The molecule has 5 heteroatoms. The monoisotopic (exact) mass is 258 g/mol. The maximum absolute atomic E-state index is 13.3. The van der Waals surface area contributed by atoms with Gasteiger partial charge in [-0.15, -0.1) is 0 Å². The van der Waals surface area contributed by atoms with Crippen LogP contribution in [0.25, 0.3) is 0 Å². The highest BCUT2D eigenvalue weighted by atomic mass is 19.1. The van der Waals surface area contributed by atoms with Crippen molar-refractivity contribution in [2.45, 2.75) is 0 Å². The molecule has 0 aliphatic rings. The van der Waals surface area contributed by atoms with E-state index in [0.29, 0.717) is 17.1 Å². The Morgan fingerprint density at radius 1 is 1.16 bits per heavy atom. The van der Waals surface area contributed by atoms with E-state index in [0.717, 1.165) is 0 Å². The molecule has 0 saturated heterocycles. The van der Waals surface area contributed by atoms with Crippen molar-refractivity contribution in [3.05, 3.63) is 47.8 Å². The van der Waals surface area contributed by atoms with Crippen LogP contribution in [0.15, 0.2) is 36.4 Å². The molecule has 2 aromatic carbocycles. The fourth-order valence-corrected chi connectivity index (χ4v) is 1.55. The first kappa shape index (κ1) is 12.7.